The summed E-state index contributed by atoms with van der Waals surface area (Å²) in [5.41, 5.74) is 1.86. The van der Waals surface area contributed by atoms with Gasteiger partial charge in [-0.1, -0.05) is 29.8 Å². The Morgan fingerprint density at radius 2 is 1.61 bits per heavy atom. The van der Waals surface area contributed by atoms with Gasteiger partial charge in [-0.3, -0.25) is 0 Å². The second kappa shape index (κ2) is 4.57. The van der Waals surface area contributed by atoms with Crippen LogP contribution in [0, 0.1) is 6.92 Å². The summed E-state index contributed by atoms with van der Waals surface area (Å²) in [5, 5.41) is 2.23. The number of hydrogen-bond acceptors (Lipinski definition) is 2. The Morgan fingerprint density at radius 3 is 2.28 bits per heavy atom. The van der Waals surface area contributed by atoms with E-state index in [1.54, 1.807) is 0 Å². The number of aryl methyl sites for hydroxylation is 1. The Balaban J connectivity index is 2.36. The molecule has 0 aliphatic rings. The lowest BCUT2D eigenvalue weighted by Gasteiger charge is -2.17. The molecule has 0 heterocycles. The van der Waals surface area contributed by atoms with Crippen molar-refractivity contribution in [3.8, 4) is 0 Å². The van der Waals surface area contributed by atoms with Crippen LogP contribution in [0.5, 0.6) is 0 Å². The molecule has 0 aliphatic carbocycles. The van der Waals surface area contributed by atoms with E-state index in [1.165, 1.54) is 5.56 Å². The van der Waals surface area contributed by atoms with Gasteiger partial charge in [-0.05, 0) is 49.5 Å². The van der Waals surface area contributed by atoms with Gasteiger partial charge in [-0.2, -0.15) is 0 Å². The van der Waals surface area contributed by atoms with Crippen molar-refractivity contribution in [3.63, 3.8) is 0 Å². The Bertz CT molecular complexity index is 597. The van der Waals surface area contributed by atoms with E-state index in [2.05, 4.69) is 19.1 Å². The van der Waals surface area contributed by atoms with Crippen LogP contribution in [-0.2, 0) is 4.43 Å². The average molecular weight is 258 g/mol. The van der Waals surface area contributed by atoms with Crippen molar-refractivity contribution >= 4 is 25.1 Å². The van der Waals surface area contributed by atoms with E-state index in [0.29, 0.717) is 5.56 Å². The number of hydrogen-bond donors (Lipinski definition) is 0. The Morgan fingerprint density at radius 1 is 1.00 bits per heavy atom. The highest BCUT2D eigenvalue weighted by molar-refractivity contribution is 6.71. The smallest absolute Gasteiger partial charge is 0.324 e. The summed E-state index contributed by atoms with van der Waals surface area (Å²) >= 11 is 0. The first-order chi connectivity index (χ1) is 8.35. The van der Waals surface area contributed by atoms with Crippen LogP contribution in [0.4, 0.5) is 0 Å². The quantitative estimate of drug-likeness (QED) is 0.757. The van der Waals surface area contributed by atoms with Gasteiger partial charge in [0.1, 0.15) is 0 Å². The molecule has 0 fully saturated rings. The zero-order chi connectivity index (χ0) is 13.3. The van der Waals surface area contributed by atoms with Crippen LogP contribution >= 0.6 is 0 Å². The van der Waals surface area contributed by atoms with E-state index in [0.717, 1.165) is 10.8 Å². The molecule has 2 nitrogen and oxygen atoms in total. The number of carbonyl (C=O) groups excluding carboxylic acids is 1. The third kappa shape index (κ3) is 2.99. The highest BCUT2D eigenvalue weighted by Crippen LogP contribution is 2.19. The lowest BCUT2D eigenvalue weighted by Crippen LogP contribution is -2.29. The molecule has 0 aromatic heterocycles. The van der Waals surface area contributed by atoms with Crippen LogP contribution < -0.4 is 0 Å². The number of fused-ring (bicyclic) bond motifs is 1. The minimum atomic E-state index is -1.83. The Labute approximate surface area is 109 Å². The maximum atomic E-state index is 12.0. The van der Waals surface area contributed by atoms with Gasteiger partial charge < -0.3 is 4.43 Å². The molecule has 0 amide bonds. The normalized spacial score (nSPS) is 11.6. The van der Waals surface area contributed by atoms with Crippen molar-refractivity contribution in [2.24, 2.45) is 0 Å². The lowest BCUT2D eigenvalue weighted by atomic mass is 10.1. The molecule has 2 aromatic carbocycles. The molecule has 0 spiro atoms. The summed E-state index contributed by atoms with van der Waals surface area (Å²) in [6.45, 7) is 8.09. The number of carbonyl (C=O) groups is 1. The molecule has 0 aliphatic heterocycles. The standard InChI is InChI=1S/C15H18O2Si/c1-11-5-6-13-10-14(8-7-12(13)9-11)15(16)17-18(2,3)4/h5-10H,1-4H3. The van der Waals surface area contributed by atoms with Crippen LogP contribution in [0.25, 0.3) is 10.8 Å². The van der Waals surface area contributed by atoms with Gasteiger partial charge >= 0.3 is 5.97 Å². The van der Waals surface area contributed by atoms with E-state index >= 15 is 0 Å². The SMILES string of the molecule is Cc1ccc2cc(C(=O)O[Si](C)(C)C)ccc2c1. The van der Waals surface area contributed by atoms with Crippen LogP contribution in [0.15, 0.2) is 36.4 Å². The highest BCUT2D eigenvalue weighted by atomic mass is 28.4. The topological polar surface area (TPSA) is 26.3 Å². The fraction of sp³-hybridized carbons (Fsp3) is 0.267. The molecule has 0 saturated carbocycles. The molecular formula is C15H18O2Si. The molecule has 0 N–H and O–H groups in total. The molecule has 0 radical (unpaired) electrons. The van der Waals surface area contributed by atoms with Gasteiger partial charge in [0, 0.05) is 0 Å². The van der Waals surface area contributed by atoms with Crippen molar-refractivity contribution in [2.75, 3.05) is 0 Å². The van der Waals surface area contributed by atoms with Crippen molar-refractivity contribution in [2.45, 2.75) is 26.6 Å². The highest BCUT2D eigenvalue weighted by Gasteiger charge is 2.20. The van der Waals surface area contributed by atoms with Crippen LogP contribution in [-0.4, -0.2) is 14.3 Å². The Kier molecular flexibility index (Phi) is 3.26. The average Bonchev–Trinajstić information content (AvgIpc) is 2.26. The lowest BCUT2D eigenvalue weighted by molar-refractivity contribution is 0.0725. The van der Waals surface area contributed by atoms with E-state index in [1.807, 2.05) is 43.9 Å². The van der Waals surface area contributed by atoms with Crippen LogP contribution in [0.2, 0.25) is 19.6 Å². The monoisotopic (exact) mass is 258 g/mol. The molecular weight excluding hydrogens is 240 g/mol. The van der Waals surface area contributed by atoms with Gasteiger partial charge in [0.25, 0.3) is 0 Å². The molecule has 0 bridgehead atoms. The minimum absolute atomic E-state index is 0.211. The number of rotatable bonds is 2. The van der Waals surface area contributed by atoms with Crippen LogP contribution in [0.3, 0.4) is 0 Å². The van der Waals surface area contributed by atoms with Crippen molar-refractivity contribution in [1.29, 1.82) is 0 Å². The summed E-state index contributed by atoms with van der Waals surface area (Å²) in [6.07, 6.45) is 0. The van der Waals surface area contributed by atoms with E-state index in [-0.39, 0.29) is 5.97 Å². The van der Waals surface area contributed by atoms with Crippen LogP contribution in [0.1, 0.15) is 15.9 Å². The summed E-state index contributed by atoms with van der Waals surface area (Å²) < 4.78 is 5.50. The zero-order valence-electron chi connectivity index (χ0n) is 11.3. The predicted octanol–water partition coefficient (Wildman–Crippen LogP) is 4.14. The van der Waals surface area contributed by atoms with Gasteiger partial charge in [0.2, 0.25) is 8.32 Å². The van der Waals surface area contributed by atoms with Gasteiger partial charge in [0.15, 0.2) is 0 Å². The van der Waals surface area contributed by atoms with Gasteiger partial charge in [-0.25, -0.2) is 4.79 Å². The number of benzene rings is 2. The summed E-state index contributed by atoms with van der Waals surface area (Å²) in [6, 6.07) is 11.9. The zero-order valence-corrected chi connectivity index (χ0v) is 12.3. The first-order valence-electron chi connectivity index (χ1n) is 6.09. The van der Waals surface area contributed by atoms with Crippen molar-refractivity contribution in [3.05, 3.63) is 47.5 Å². The molecule has 0 saturated heterocycles. The second-order valence-corrected chi connectivity index (χ2v) is 10.00. The molecule has 3 heteroatoms. The van der Waals surface area contributed by atoms with Crippen molar-refractivity contribution in [1.82, 2.24) is 0 Å². The van der Waals surface area contributed by atoms with Gasteiger partial charge in [0.05, 0.1) is 5.56 Å². The second-order valence-electron chi connectivity index (χ2n) is 5.57. The summed E-state index contributed by atoms with van der Waals surface area (Å²) in [7, 11) is -1.83. The fourth-order valence-electron chi connectivity index (χ4n) is 1.83. The first kappa shape index (κ1) is 12.8. The molecule has 94 valence electrons. The minimum Gasteiger partial charge on any atom is -0.516 e. The maximum Gasteiger partial charge on any atom is 0.324 e. The molecule has 2 rings (SSSR count). The van der Waals surface area contributed by atoms with Gasteiger partial charge in [-0.15, -0.1) is 0 Å². The molecule has 0 atom stereocenters. The van der Waals surface area contributed by atoms with Crippen molar-refractivity contribution < 1.29 is 9.22 Å². The molecule has 2 aromatic rings. The van der Waals surface area contributed by atoms with E-state index < -0.39 is 8.32 Å². The molecule has 18 heavy (non-hydrogen) atoms. The summed E-state index contributed by atoms with van der Waals surface area (Å²) in [5.74, 6) is -0.211. The largest absolute Gasteiger partial charge is 0.516 e. The third-order valence-corrected chi connectivity index (χ3v) is 3.43. The van der Waals surface area contributed by atoms with E-state index in [9.17, 15) is 4.79 Å². The Hall–Kier alpha value is -1.61. The van der Waals surface area contributed by atoms with E-state index in [4.69, 9.17) is 4.43 Å². The third-order valence-electron chi connectivity index (χ3n) is 2.63. The maximum absolute atomic E-state index is 12.0. The fourth-order valence-corrected chi connectivity index (χ4v) is 2.50. The molecule has 0 unspecified atom stereocenters. The summed E-state index contributed by atoms with van der Waals surface area (Å²) in [4.78, 5) is 12.0. The predicted molar refractivity (Wildman–Crippen MR) is 77.4 cm³/mol. The first-order valence-corrected chi connectivity index (χ1v) is 9.50.